The summed E-state index contributed by atoms with van der Waals surface area (Å²) in [6.45, 7) is 6.49. The van der Waals surface area contributed by atoms with Crippen molar-refractivity contribution in [2.45, 2.75) is 39.3 Å². The molecule has 3 aromatic rings. The zero-order valence-electron chi connectivity index (χ0n) is 18.4. The minimum Gasteiger partial charge on any atom is -0.309 e. The summed E-state index contributed by atoms with van der Waals surface area (Å²) < 4.78 is 3.10. The first-order valence-corrected chi connectivity index (χ1v) is 12.0. The number of nitrogens with zero attached hydrogens (tertiary/aromatic N) is 4. The second-order valence-corrected chi connectivity index (χ2v) is 9.94. The summed E-state index contributed by atoms with van der Waals surface area (Å²) in [6.07, 6.45) is 2.79. The highest BCUT2D eigenvalue weighted by Gasteiger charge is 2.26. The molecule has 31 heavy (non-hydrogen) atoms. The Morgan fingerprint density at radius 3 is 2.71 bits per heavy atom. The lowest BCUT2D eigenvalue weighted by Crippen LogP contribution is -2.39. The van der Waals surface area contributed by atoms with E-state index in [1.807, 2.05) is 14.1 Å². The van der Waals surface area contributed by atoms with Gasteiger partial charge in [-0.2, -0.15) is 0 Å². The first-order chi connectivity index (χ1) is 14.9. The maximum absolute atomic E-state index is 13.6. The van der Waals surface area contributed by atoms with Crippen molar-refractivity contribution in [2.75, 3.05) is 33.7 Å². The molecule has 8 heteroatoms. The summed E-state index contributed by atoms with van der Waals surface area (Å²) >= 11 is 7.80. The van der Waals surface area contributed by atoms with Crippen molar-refractivity contribution in [3.05, 3.63) is 60.6 Å². The molecule has 6 nitrogen and oxygen atoms in total. The highest BCUT2D eigenvalue weighted by Crippen LogP contribution is 2.33. The van der Waals surface area contributed by atoms with Gasteiger partial charge in [0, 0.05) is 29.5 Å². The van der Waals surface area contributed by atoms with Crippen LogP contribution in [0.1, 0.15) is 30.2 Å². The molecule has 1 aliphatic heterocycles. The lowest BCUT2D eigenvalue weighted by Gasteiger charge is -2.26. The van der Waals surface area contributed by atoms with Crippen LogP contribution in [0.2, 0.25) is 5.02 Å². The first-order valence-electron chi connectivity index (χ1n) is 10.8. The summed E-state index contributed by atoms with van der Waals surface area (Å²) in [5.41, 5.74) is 1.12. The summed E-state index contributed by atoms with van der Waals surface area (Å²) in [5, 5.41) is 1.21. The number of thiophene rings is 1. The molecule has 0 unspecified atom stereocenters. The number of halogens is 1. The van der Waals surface area contributed by atoms with Crippen molar-refractivity contribution in [1.29, 1.82) is 0 Å². The second-order valence-electron chi connectivity index (χ2n) is 8.42. The van der Waals surface area contributed by atoms with Gasteiger partial charge in [-0.1, -0.05) is 24.6 Å². The average molecular weight is 461 g/mol. The second kappa shape index (κ2) is 9.28. The smallest absolute Gasteiger partial charge is 0.309 e. The molecule has 0 amide bonds. The molecule has 0 saturated heterocycles. The van der Waals surface area contributed by atoms with Crippen molar-refractivity contribution >= 4 is 33.2 Å². The topological polar surface area (TPSA) is 50.5 Å². The molecule has 2 aromatic heterocycles. The number of hydrogen-bond donors (Lipinski definition) is 0. The third-order valence-electron chi connectivity index (χ3n) is 5.79. The van der Waals surface area contributed by atoms with E-state index in [1.54, 1.807) is 40.2 Å². The Morgan fingerprint density at radius 2 is 2.00 bits per heavy atom. The summed E-state index contributed by atoms with van der Waals surface area (Å²) in [7, 11) is 4.05. The van der Waals surface area contributed by atoms with Gasteiger partial charge in [-0.25, -0.2) is 9.36 Å². The number of aromatic nitrogens is 2. The normalized spacial score (nSPS) is 14.5. The van der Waals surface area contributed by atoms with Crippen molar-refractivity contribution in [3.8, 4) is 5.69 Å². The summed E-state index contributed by atoms with van der Waals surface area (Å²) in [5.74, 6) is 0. The van der Waals surface area contributed by atoms with Crippen LogP contribution in [-0.2, 0) is 19.5 Å². The van der Waals surface area contributed by atoms with Gasteiger partial charge in [0.05, 0.1) is 11.1 Å². The molecule has 0 radical (unpaired) electrons. The van der Waals surface area contributed by atoms with E-state index < -0.39 is 0 Å². The van der Waals surface area contributed by atoms with Crippen molar-refractivity contribution in [3.63, 3.8) is 0 Å². The molecule has 1 aromatic carbocycles. The van der Waals surface area contributed by atoms with E-state index in [0.717, 1.165) is 55.8 Å². The summed E-state index contributed by atoms with van der Waals surface area (Å²) in [6, 6.07) is 6.98. The van der Waals surface area contributed by atoms with Crippen LogP contribution in [0.4, 0.5) is 0 Å². The number of fused-ring (bicyclic) bond motifs is 3. The lowest BCUT2D eigenvalue weighted by atomic mass is 10.1. The number of rotatable bonds is 7. The fourth-order valence-electron chi connectivity index (χ4n) is 4.35. The average Bonchev–Trinajstić information content (AvgIpc) is 3.09. The van der Waals surface area contributed by atoms with E-state index in [4.69, 9.17) is 11.6 Å². The van der Waals surface area contributed by atoms with E-state index in [2.05, 4.69) is 16.7 Å². The fourth-order valence-corrected chi connectivity index (χ4v) is 5.94. The van der Waals surface area contributed by atoms with E-state index in [-0.39, 0.29) is 11.2 Å². The van der Waals surface area contributed by atoms with E-state index >= 15 is 0 Å². The monoisotopic (exact) mass is 460 g/mol. The Morgan fingerprint density at radius 1 is 1.19 bits per heavy atom. The van der Waals surface area contributed by atoms with Gasteiger partial charge in [0.1, 0.15) is 4.83 Å². The Labute approximate surface area is 191 Å². The molecule has 0 atom stereocenters. The minimum atomic E-state index is -0.289. The molecular weight excluding hydrogens is 432 g/mol. The largest absolute Gasteiger partial charge is 0.336 e. The van der Waals surface area contributed by atoms with Gasteiger partial charge < -0.3 is 4.90 Å². The van der Waals surface area contributed by atoms with Crippen LogP contribution in [0, 0.1) is 0 Å². The van der Waals surface area contributed by atoms with Gasteiger partial charge in [-0.05, 0) is 70.2 Å². The van der Waals surface area contributed by atoms with Gasteiger partial charge >= 0.3 is 5.69 Å². The Kier molecular flexibility index (Phi) is 6.67. The molecule has 1 aliphatic rings. The van der Waals surface area contributed by atoms with Crippen LogP contribution in [-0.4, -0.2) is 52.7 Å². The van der Waals surface area contributed by atoms with Crippen molar-refractivity contribution in [1.82, 2.24) is 18.9 Å². The van der Waals surface area contributed by atoms with Crippen LogP contribution in [0.5, 0.6) is 0 Å². The third kappa shape index (κ3) is 4.37. The fraction of sp³-hybridized carbons (Fsp3) is 0.478. The molecular formula is C23H29ClN4O2S. The predicted octanol–water partition coefficient (Wildman–Crippen LogP) is 3.59. The van der Waals surface area contributed by atoms with Crippen LogP contribution < -0.4 is 11.2 Å². The zero-order chi connectivity index (χ0) is 22.1. The number of benzene rings is 1. The van der Waals surface area contributed by atoms with Gasteiger partial charge in [-0.3, -0.25) is 14.3 Å². The van der Waals surface area contributed by atoms with Gasteiger partial charge in [0.15, 0.2) is 0 Å². The van der Waals surface area contributed by atoms with Crippen LogP contribution >= 0.6 is 22.9 Å². The molecule has 3 heterocycles. The van der Waals surface area contributed by atoms with E-state index in [1.165, 1.54) is 9.44 Å². The highest BCUT2D eigenvalue weighted by atomic mass is 35.5. The lowest BCUT2D eigenvalue weighted by molar-refractivity contribution is 0.258. The maximum atomic E-state index is 13.6. The van der Waals surface area contributed by atoms with E-state index in [0.29, 0.717) is 22.6 Å². The zero-order valence-corrected chi connectivity index (χ0v) is 19.9. The molecule has 0 bridgehead atoms. The van der Waals surface area contributed by atoms with Crippen LogP contribution in [0.3, 0.4) is 0 Å². The van der Waals surface area contributed by atoms with E-state index in [9.17, 15) is 9.59 Å². The van der Waals surface area contributed by atoms with Crippen LogP contribution in [0.25, 0.3) is 15.9 Å². The third-order valence-corrected chi connectivity index (χ3v) is 7.27. The molecule has 166 valence electrons. The Bertz CT molecular complexity index is 1210. The molecule has 0 spiro atoms. The number of hydrogen-bond acceptors (Lipinski definition) is 5. The van der Waals surface area contributed by atoms with Crippen molar-refractivity contribution < 1.29 is 0 Å². The van der Waals surface area contributed by atoms with Gasteiger partial charge in [-0.15, -0.1) is 11.3 Å². The molecule has 0 N–H and O–H groups in total. The maximum Gasteiger partial charge on any atom is 0.336 e. The molecule has 0 saturated carbocycles. The first kappa shape index (κ1) is 22.3. The molecule has 4 rings (SSSR count). The standard InChI is InChI=1S/C23H29ClN4O2S/c1-4-10-26-13-9-18-19(15-26)31-22-20(18)21(29)28(17-8-5-7-16(24)14-17)23(30)27(22)12-6-11-25(2)3/h5,7-8,14H,4,6,9-13,15H2,1-3H3. The van der Waals surface area contributed by atoms with Gasteiger partial charge in [0.25, 0.3) is 5.56 Å². The SMILES string of the molecule is CCCN1CCc2c(sc3c2c(=O)n(-c2cccc(Cl)c2)c(=O)n3CCCN(C)C)C1. The Hall–Kier alpha value is -1.93. The minimum absolute atomic E-state index is 0.229. The molecule has 0 fully saturated rings. The number of aryl methyl sites for hydroxylation is 1. The predicted molar refractivity (Wildman–Crippen MR) is 129 cm³/mol. The van der Waals surface area contributed by atoms with Gasteiger partial charge in [0.2, 0.25) is 0 Å². The van der Waals surface area contributed by atoms with Crippen molar-refractivity contribution in [2.24, 2.45) is 0 Å². The Balaban J connectivity index is 1.92. The summed E-state index contributed by atoms with van der Waals surface area (Å²) in [4.78, 5) is 33.7. The van der Waals surface area contributed by atoms with Crippen LogP contribution in [0.15, 0.2) is 33.9 Å². The molecule has 0 aliphatic carbocycles. The quantitative estimate of drug-likeness (QED) is 0.540. The highest BCUT2D eigenvalue weighted by molar-refractivity contribution is 7.18.